The van der Waals surface area contributed by atoms with Gasteiger partial charge in [-0.3, -0.25) is 4.90 Å². The van der Waals surface area contributed by atoms with Crippen LogP contribution in [0.25, 0.3) is 0 Å². The van der Waals surface area contributed by atoms with Crippen LogP contribution in [0.15, 0.2) is 30.3 Å². The molecule has 2 N–H and O–H groups in total. The minimum atomic E-state index is -0.665. The first-order valence-corrected chi connectivity index (χ1v) is 7.70. The summed E-state index contributed by atoms with van der Waals surface area (Å²) in [6.45, 7) is 9.07. The fraction of sp³-hybridized carbons (Fsp3) is 0.647. The molecule has 1 aromatic rings. The molecule has 20 heavy (non-hydrogen) atoms. The van der Waals surface area contributed by atoms with Crippen LogP contribution < -0.4 is 5.32 Å². The number of benzene rings is 1. The lowest BCUT2D eigenvalue weighted by Crippen LogP contribution is -2.53. The van der Waals surface area contributed by atoms with Crippen molar-refractivity contribution in [1.29, 1.82) is 0 Å². The van der Waals surface area contributed by atoms with Gasteiger partial charge in [-0.15, -0.1) is 0 Å². The van der Waals surface area contributed by atoms with Crippen LogP contribution in [0.2, 0.25) is 0 Å². The molecule has 0 amide bonds. The van der Waals surface area contributed by atoms with Crippen LogP contribution in [-0.4, -0.2) is 40.8 Å². The molecule has 2 rings (SSSR count). The molecule has 3 nitrogen and oxygen atoms in total. The molecule has 112 valence electrons. The van der Waals surface area contributed by atoms with Crippen molar-refractivity contribution < 1.29 is 5.11 Å². The van der Waals surface area contributed by atoms with Crippen molar-refractivity contribution in [2.45, 2.75) is 57.8 Å². The van der Waals surface area contributed by atoms with Crippen LogP contribution in [0.5, 0.6) is 0 Å². The second-order valence-electron chi connectivity index (χ2n) is 6.60. The van der Waals surface area contributed by atoms with Gasteiger partial charge in [-0.1, -0.05) is 30.3 Å². The van der Waals surface area contributed by atoms with Crippen LogP contribution in [0, 0.1) is 0 Å². The molecule has 3 heteroatoms. The van der Waals surface area contributed by atoms with Gasteiger partial charge >= 0.3 is 0 Å². The molecule has 0 aliphatic carbocycles. The van der Waals surface area contributed by atoms with Gasteiger partial charge in [0.1, 0.15) is 0 Å². The standard InChI is InChI=1S/C17H28N2O/c1-14(17(2,3)20)18-16-10-7-11-19(13-16)12-15-8-5-4-6-9-15/h4-6,8-9,14,16,18,20H,7,10-13H2,1-3H3. The largest absolute Gasteiger partial charge is 0.389 e. The summed E-state index contributed by atoms with van der Waals surface area (Å²) in [5.41, 5.74) is 0.713. The molecule has 0 saturated carbocycles. The summed E-state index contributed by atoms with van der Waals surface area (Å²) in [5, 5.41) is 13.6. The number of piperidine rings is 1. The third-order valence-electron chi connectivity index (χ3n) is 4.30. The minimum Gasteiger partial charge on any atom is -0.389 e. The van der Waals surface area contributed by atoms with Crippen LogP contribution >= 0.6 is 0 Å². The number of rotatable bonds is 5. The van der Waals surface area contributed by atoms with E-state index < -0.39 is 5.60 Å². The van der Waals surface area contributed by atoms with Crippen LogP contribution in [0.1, 0.15) is 39.2 Å². The van der Waals surface area contributed by atoms with Crippen molar-refractivity contribution in [3.8, 4) is 0 Å². The molecule has 0 aromatic heterocycles. The van der Waals surface area contributed by atoms with Gasteiger partial charge in [-0.2, -0.15) is 0 Å². The second kappa shape index (κ2) is 6.70. The Morgan fingerprint density at radius 2 is 2.05 bits per heavy atom. The SMILES string of the molecule is CC(NC1CCCN(Cc2ccccc2)C1)C(C)(C)O. The summed E-state index contributed by atoms with van der Waals surface area (Å²) >= 11 is 0. The van der Waals surface area contributed by atoms with E-state index in [9.17, 15) is 5.11 Å². The number of hydrogen-bond donors (Lipinski definition) is 2. The lowest BCUT2D eigenvalue weighted by molar-refractivity contribution is 0.0337. The van der Waals surface area contributed by atoms with E-state index >= 15 is 0 Å². The summed E-state index contributed by atoms with van der Waals surface area (Å²) in [6, 6.07) is 11.2. The van der Waals surface area contributed by atoms with Gasteiger partial charge in [0.2, 0.25) is 0 Å². The quantitative estimate of drug-likeness (QED) is 0.867. The molecular formula is C17H28N2O. The Hall–Kier alpha value is -0.900. The number of nitrogens with one attached hydrogen (secondary N) is 1. The monoisotopic (exact) mass is 276 g/mol. The first-order chi connectivity index (χ1) is 9.45. The molecule has 0 radical (unpaired) electrons. The molecule has 1 aliphatic heterocycles. The average Bonchev–Trinajstić information content (AvgIpc) is 2.39. The predicted molar refractivity (Wildman–Crippen MR) is 83.6 cm³/mol. The van der Waals surface area contributed by atoms with Crippen molar-refractivity contribution in [3.63, 3.8) is 0 Å². The topological polar surface area (TPSA) is 35.5 Å². The normalized spacial score (nSPS) is 22.7. The van der Waals surface area contributed by atoms with Gasteiger partial charge < -0.3 is 10.4 Å². The molecule has 1 saturated heterocycles. The van der Waals surface area contributed by atoms with Gasteiger partial charge in [0.05, 0.1) is 5.60 Å². The van der Waals surface area contributed by atoms with Crippen molar-refractivity contribution in [2.75, 3.05) is 13.1 Å². The zero-order valence-corrected chi connectivity index (χ0v) is 13.0. The van der Waals surface area contributed by atoms with Crippen molar-refractivity contribution >= 4 is 0 Å². The Balaban J connectivity index is 1.86. The minimum absolute atomic E-state index is 0.115. The third-order valence-corrected chi connectivity index (χ3v) is 4.30. The molecule has 1 aliphatic rings. The van der Waals surface area contributed by atoms with Gasteiger partial charge in [0.15, 0.2) is 0 Å². The molecule has 1 heterocycles. The summed E-state index contributed by atoms with van der Waals surface area (Å²) in [5.74, 6) is 0. The Morgan fingerprint density at radius 1 is 1.35 bits per heavy atom. The van der Waals surface area contributed by atoms with E-state index in [1.807, 2.05) is 13.8 Å². The number of aliphatic hydroxyl groups is 1. The Morgan fingerprint density at radius 3 is 2.70 bits per heavy atom. The highest BCUT2D eigenvalue weighted by molar-refractivity contribution is 5.14. The maximum atomic E-state index is 10.0. The number of likely N-dealkylation sites (tertiary alicyclic amines) is 1. The zero-order chi connectivity index (χ0) is 14.6. The van der Waals surface area contributed by atoms with E-state index in [1.165, 1.54) is 24.9 Å². The smallest absolute Gasteiger partial charge is 0.0741 e. The van der Waals surface area contributed by atoms with Crippen molar-refractivity contribution in [2.24, 2.45) is 0 Å². The van der Waals surface area contributed by atoms with Crippen LogP contribution in [0.4, 0.5) is 0 Å². The highest BCUT2D eigenvalue weighted by Crippen LogP contribution is 2.16. The lowest BCUT2D eigenvalue weighted by Gasteiger charge is -2.37. The second-order valence-corrected chi connectivity index (χ2v) is 6.60. The Labute approximate surface area is 123 Å². The fourth-order valence-electron chi connectivity index (χ4n) is 2.73. The van der Waals surface area contributed by atoms with E-state index in [0.717, 1.165) is 13.1 Å². The lowest BCUT2D eigenvalue weighted by atomic mass is 9.97. The van der Waals surface area contributed by atoms with Crippen molar-refractivity contribution in [3.05, 3.63) is 35.9 Å². The average molecular weight is 276 g/mol. The maximum absolute atomic E-state index is 10.0. The molecule has 0 spiro atoms. The van der Waals surface area contributed by atoms with Gasteiger partial charge in [-0.05, 0) is 45.7 Å². The maximum Gasteiger partial charge on any atom is 0.0741 e. The van der Waals surface area contributed by atoms with Gasteiger partial charge in [0.25, 0.3) is 0 Å². The van der Waals surface area contributed by atoms with Crippen LogP contribution in [-0.2, 0) is 6.54 Å². The Kier molecular flexibility index (Phi) is 5.19. The Bertz CT molecular complexity index is 399. The predicted octanol–water partition coefficient (Wildman–Crippen LogP) is 2.40. The number of hydrogen-bond acceptors (Lipinski definition) is 3. The molecule has 2 atom stereocenters. The van der Waals surface area contributed by atoms with E-state index in [2.05, 4.69) is 47.5 Å². The molecular weight excluding hydrogens is 248 g/mol. The molecule has 1 fully saturated rings. The van der Waals surface area contributed by atoms with E-state index in [-0.39, 0.29) is 6.04 Å². The number of nitrogens with zero attached hydrogens (tertiary/aromatic N) is 1. The summed E-state index contributed by atoms with van der Waals surface area (Å²) in [4.78, 5) is 2.51. The fourth-order valence-corrected chi connectivity index (χ4v) is 2.73. The van der Waals surface area contributed by atoms with E-state index in [1.54, 1.807) is 0 Å². The first kappa shape index (κ1) is 15.5. The van der Waals surface area contributed by atoms with Gasteiger partial charge in [0, 0.05) is 25.2 Å². The van der Waals surface area contributed by atoms with Gasteiger partial charge in [-0.25, -0.2) is 0 Å². The van der Waals surface area contributed by atoms with E-state index in [4.69, 9.17) is 0 Å². The summed E-state index contributed by atoms with van der Waals surface area (Å²) in [7, 11) is 0. The molecule has 0 bridgehead atoms. The molecule has 2 unspecified atom stereocenters. The highest BCUT2D eigenvalue weighted by Gasteiger charge is 2.27. The van der Waals surface area contributed by atoms with Crippen LogP contribution in [0.3, 0.4) is 0 Å². The highest BCUT2D eigenvalue weighted by atomic mass is 16.3. The van der Waals surface area contributed by atoms with E-state index in [0.29, 0.717) is 6.04 Å². The third kappa shape index (κ3) is 4.58. The summed E-state index contributed by atoms with van der Waals surface area (Å²) in [6.07, 6.45) is 2.43. The molecule has 1 aromatic carbocycles. The first-order valence-electron chi connectivity index (χ1n) is 7.70. The van der Waals surface area contributed by atoms with Crippen molar-refractivity contribution in [1.82, 2.24) is 10.2 Å². The zero-order valence-electron chi connectivity index (χ0n) is 13.0. The summed E-state index contributed by atoms with van der Waals surface area (Å²) < 4.78 is 0.